The Morgan fingerprint density at radius 2 is 1.70 bits per heavy atom. The van der Waals surface area contributed by atoms with E-state index in [1.807, 2.05) is 44.0 Å². The first-order valence-electron chi connectivity index (χ1n) is 22.9. The summed E-state index contributed by atoms with van der Waals surface area (Å²) in [6, 6.07) is 14.1. The molecule has 0 radical (unpaired) electrons. The van der Waals surface area contributed by atoms with Gasteiger partial charge in [0.25, 0.3) is 5.91 Å². The van der Waals surface area contributed by atoms with Gasteiger partial charge < -0.3 is 34.6 Å². The third-order valence-corrected chi connectivity index (χ3v) is 15.3. The van der Waals surface area contributed by atoms with Crippen LogP contribution in [0.25, 0.3) is 11.1 Å². The van der Waals surface area contributed by atoms with Crippen LogP contribution in [-0.2, 0) is 45.1 Å². The van der Waals surface area contributed by atoms with E-state index in [0.717, 1.165) is 49.4 Å². The molecule has 0 saturated carbocycles. The largest absolute Gasteiger partial charge is 0.389 e. The molecule has 67 heavy (non-hydrogen) atoms. The molecule has 8 heterocycles. The molecule has 1 spiro atoms. The molecule has 3 N–H and O–H groups in total. The third kappa shape index (κ3) is 8.02. The van der Waals surface area contributed by atoms with Gasteiger partial charge in [0.05, 0.1) is 47.7 Å². The van der Waals surface area contributed by atoms with Crippen LogP contribution in [0.1, 0.15) is 76.9 Å². The van der Waals surface area contributed by atoms with Crippen molar-refractivity contribution in [1.82, 2.24) is 29.7 Å². The van der Waals surface area contributed by atoms with Gasteiger partial charge >= 0.3 is 0 Å². The number of benzene rings is 3. The van der Waals surface area contributed by atoms with E-state index < -0.39 is 41.1 Å². The van der Waals surface area contributed by atoms with E-state index in [9.17, 15) is 29.1 Å². The molecular formula is C49H49F2N9O6S. The van der Waals surface area contributed by atoms with Crippen LogP contribution in [0, 0.1) is 17.0 Å². The van der Waals surface area contributed by atoms with Gasteiger partial charge in [0, 0.05) is 97.4 Å². The molecule has 2 aromatic heterocycles. The molecule has 0 bridgehead atoms. The van der Waals surface area contributed by atoms with Crippen molar-refractivity contribution in [3.05, 3.63) is 112 Å². The minimum Gasteiger partial charge on any atom is -0.389 e. The van der Waals surface area contributed by atoms with Gasteiger partial charge in [-0.25, -0.2) is 18.7 Å². The summed E-state index contributed by atoms with van der Waals surface area (Å²) < 4.78 is 33.3. The van der Waals surface area contributed by atoms with Crippen LogP contribution < -0.4 is 20.4 Å². The lowest BCUT2D eigenvalue weighted by Crippen LogP contribution is -2.73. The number of hydrogen-bond acceptors (Lipinski definition) is 12. The van der Waals surface area contributed by atoms with Gasteiger partial charge in [-0.2, -0.15) is 0 Å². The second kappa shape index (κ2) is 16.7. The standard InChI is InChI=1S/C49H49F2N9O6S/c50-35-19-30(18-33-34(35)23-60(47(33)65)45(40(61)21-42-52-13-17-67-42)44-39-2-1-14-57(39)28-53-44)29-3-6-32(7-4-29)58-24-48(25-58)26-59(27-48)43(63)22-49(66)11-15-56(16-12-49)38-9-5-31(20-36(38)51)54-37-8-10-41(62)55-46(37)64/h3-7,9,13,17-20,28,37,45,54,66H,1-2,8,10-12,14-16,21-27H2,(H,55,62,64)/t37-,45?/m1/s1. The van der Waals surface area contributed by atoms with Crippen molar-refractivity contribution in [2.75, 3.05) is 54.4 Å². The lowest BCUT2D eigenvalue weighted by molar-refractivity contribution is -0.151. The minimum atomic E-state index is -1.19. The van der Waals surface area contributed by atoms with Gasteiger partial charge in [-0.3, -0.25) is 29.3 Å². The fourth-order valence-corrected chi connectivity index (χ4v) is 11.5. The highest BCUT2D eigenvalue weighted by atomic mass is 32.1. The molecule has 5 aromatic rings. The Bertz CT molecular complexity index is 2810. The van der Waals surface area contributed by atoms with E-state index in [1.165, 1.54) is 28.4 Å². The molecule has 346 valence electrons. The molecule has 15 nitrogen and oxygen atoms in total. The number of piperidine rings is 2. The van der Waals surface area contributed by atoms with Crippen molar-refractivity contribution in [3.63, 3.8) is 0 Å². The Hall–Kier alpha value is -6.53. The van der Waals surface area contributed by atoms with Crippen molar-refractivity contribution in [1.29, 1.82) is 0 Å². The molecule has 6 aliphatic rings. The molecule has 18 heteroatoms. The number of nitrogens with zero attached hydrogens (tertiary/aromatic N) is 7. The van der Waals surface area contributed by atoms with Crippen LogP contribution in [-0.4, -0.2) is 110 Å². The second-order valence-electron chi connectivity index (χ2n) is 19.1. The quantitative estimate of drug-likeness (QED) is 0.143. The number of likely N-dealkylation sites (tertiary alicyclic amines) is 1. The average Bonchev–Trinajstić information content (AvgIpc) is 4.10. The van der Waals surface area contributed by atoms with E-state index in [2.05, 4.69) is 25.5 Å². The van der Waals surface area contributed by atoms with Crippen LogP contribution in [0.4, 0.5) is 25.8 Å². The number of rotatable bonds is 12. The number of fused-ring (bicyclic) bond motifs is 2. The number of hydrogen-bond donors (Lipinski definition) is 3. The first-order chi connectivity index (χ1) is 32.3. The Labute approximate surface area is 388 Å². The summed E-state index contributed by atoms with van der Waals surface area (Å²) in [7, 11) is 0. The summed E-state index contributed by atoms with van der Waals surface area (Å²) in [6.45, 7) is 4.26. The Morgan fingerprint density at radius 1 is 0.910 bits per heavy atom. The summed E-state index contributed by atoms with van der Waals surface area (Å²) in [6.07, 6.45) is 6.28. The third-order valence-electron chi connectivity index (χ3n) is 14.6. The molecule has 3 aromatic carbocycles. The van der Waals surface area contributed by atoms with Gasteiger partial charge in [0.2, 0.25) is 17.7 Å². The monoisotopic (exact) mass is 929 g/mol. The highest BCUT2D eigenvalue weighted by Crippen LogP contribution is 2.44. The number of aliphatic hydroxyl groups is 1. The number of carbonyl (C=O) groups is 5. The number of carbonyl (C=O) groups excluding carboxylic acids is 5. The summed E-state index contributed by atoms with van der Waals surface area (Å²) in [5, 5.41) is 19.2. The summed E-state index contributed by atoms with van der Waals surface area (Å²) in [5.41, 5.74) is 3.92. The zero-order valence-electron chi connectivity index (χ0n) is 36.7. The number of imide groups is 1. The van der Waals surface area contributed by atoms with Crippen molar-refractivity contribution in [2.24, 2.45) is 5.41 Å². The molecule has 4 fully saturated rings. The van der Waals surface area contributed by atoms with Crippen molar-refractivity contribution in [3.8, 4) is 11.1 Å². The molecular weight excluding hydrogens is 881 g/mol. The molecule has 11 rings (SSSR count). The molecule has 2 atom stereocenters. The zero-order chi connectivity index (χ0) is 46.2. The molecule has 4 saturated heterocycles. The maximum Gasteiger partial charge on any atom is 0.255 e. The number of Topliss-reactive ketones (excluding diaryl/α,β-unsaturated/α-hetero) is 1. The fourth-order valence-electron chi connectivity index (χ4n) is 10.9. The summed E-state index contributed by atoms with van der Waals surface area (Å²) in [5.74, 6) is -2.41. The van der Waals surface area contributed by atoms with Crippen LogP contribution >= 0.6 is 11.3 Å². The summed E-state index contributed by atoms with van der Waals surface area (Å²) in [4.78, 5) is 81.4. The maximum absolute atomic E-state index is 16.0. The lowest BCUT2D eigenvalue weighted by Gasteiger charge is -2.61. The van der Waals surface area contributed by atoms with Gasteiger partial charge in [-0.1, -0.05) is 12.1 Å². The number of imidazole rings is 1. The predicted octanol–water partition coefficient (Wildman–Crippen LogP) is 5.03. The van der Waals surface area contributed by atoms with E-state index >= 15 is 8.78 Å². The van der Waals surface area contributed by atoms with Crippen molar-refractivity contribution >= 4 is 57.8 Å². The van der Waals surface area contributed by atoms with E-state index in [-0.39, 0.29) is 59.9 Å². The number of ketones is 1. The first-order valence-corrected chi connectivity index (χ1v) is 23.8. The Morgan fingerprint density at radius 3 is 2.43 bits per heavy atom. The number of nitrogens with one attached hydrogen (secondary N) is 2. The highest BCUT2D eigenvalue weighted by Gasteiger charge is 2.54. The number of aryl methyl sites for hydroxylation is 1. The lowest BCUT2D eigenvalue weighted by atomic mass is 9.72. The van der Waals surface area contributed by atoms with Crippen LogP contribution in [0.3, 0.4) is 0 Å². The van der Waals surface area contributed by atoms with E-state index in [1.54, 1.807) is 30.7 Å². The van der Waals surface area contributed by atoms with Crippen LogP contribution in [0.2, 0.25) is 0 Å². The normalized spacial score (nSPS) is 20.9. The van der Waals surface area contributed by atoms with Gasteiger partial charge in [-0.05, 0) is 85.7 Å². The summed E-state index contributed by atoms with van der Waals surface area (Å²) >= 11 is 1.38. The maximum atomic E-state index is 16.0. The fraction of sp³-hybridized carbons (Fsp3) is 0.408. The molecule has 6 aliphatic heterocycles. The number of amides is 4. The first kappa shape index (κ1) is 43.1. The van der Waals surface area contributed by atoms with E-state index in [4.69, 9.17) is 0 Å². The van der Waals surface area contributed by atoms with Crippen LogP contribution in [0.15, 0.2) is 72.5 Å². The Kier molecular flexibility index (Phi) is 10.7. The second-order valence-corrected chi connectivity index (χ2v) is 20.1. The Balaban J connectivity index is 0.675. The minimum absolute atomic E-state index is 0.00459. The SMILES string of the molecule is O=C1CC[C@@H](Nc2ccc(N3CCC(O)(CC(=O)N4CC5(C4)CN(c4ccc(-c6cc(F)c7c(c6)C(=O)N(C(C(=O)Cc6nccs6)c6ncn8c6CCC8)C7)cc4)C5)CC3)c(F)c2)C(=O)N1. The number of halogens is 2. The number of anilines is 3. The predicted molar refractivity (Wildman–Crippen MR) is 244 cm³/mol. The molecule has 0 aliphatic carbocycles. The highest BCUT2D eigenvalue weighted by molar-refractivity contribution is 7.09. The van der Waals surface area contributed by atoms with Crippen molar-refractivity contribution < 1.29 is 37.9 Å². The topological polar surface area (TPSA) is 173 Å². The smallest absolute Gasteiger partial charge is 0.255 e. The number of aromatic nitrogens is 3. The zero-order valence-corrected chi connectivity index (χ0v) is 37.5. The van der Waals surface area contributed by atoms with Gasteiger partial charge in [0.1, 0.15) is 23.7 Å². The van der Waals surface area contributed by atoms with Gasteiger partial charge in [0.15, 0.2) is 5.78 Å². The molecule has 1 unspecified atom stereocenters. The molecule has 4 amide bonds. The van der Waals surface area contributed by atoms with Gasteiger partial charge in [-0.15, -0.1) is 11.3 Å². The average molecular weight is 930 g/mol. The number of thiazole rings is 1. The van der Waals surface area contributed by atoms with Crippen molar-refractivity contribution in [2.45, 2.75) is 82.1 Å². The van der Waals surface area contributed by atoms with Crippen LogP contribution in [0.5, 0.6) is 0 Å². The van der Waals surface area contributed by atoms with E-state index in [0.29, 0.717) is 73.1 Å².